The third-order valence-corrected chi connectivity index (χ3v) is 4.75. The number of carboxylic acid groups (broad SMARTS) is 1. The zero-order valence-electron chi connectivity index (χ0n) is 14.8. The van der Waals surface area contributed by atoms with Gasteiger partial charge in [0.1, 0.15) is 0 Å². The first-order valence-electron chi connectivity index (χ1n) is 9.00. The lowest BCUT2D eigenvalue weighted by atomic mass is 10.00. The van der Waals surface area contributed by atoms with E-state index in [9.17, 15) is 9.59 Å². The van der Waals surface area contributed by atoms with E-state index >= 15 is 0 Å². The van der Waals surface area contributed by atoms with Gasteiger partial charge in [0.05, 0.1) is 12.0 Å². The summed E-state index contributed by atoms with van der Waals surface area (Å²) in [5.74, 6) is -0.988. The lowest BCUT2D eigenvalue weighted by molar-refractivity contribution is -0.120. The molecule has 0 bridgehead atoms. The molecule has 0 aliphatic carbocycles. The summed E-state index contributed by atoms with van der Waals surface area (Å²) in [5, 5.41) is 11.8. The molecule has 3 rings (SSSR count). The number of hydrogen-bond donors (Lipinski definition) is 2. The number of fused-ring (bicyclic) bond motifs is 1. The summed E-state index contributed by atoms with van der Waals surface area (Å²) >= 11 is 0. The summed E-state index contributed by atoms with van der Waals surface area (Å²) < 4.78 is 0. The second-order valence-corrected chi connectivity index (χ2v) is 6.68. The second-order valence-electron chi connectivity index (χ2n) is 6.68. The maximum absolute atomic E-state index is 12.0. The van der Waals surface area contributed by atoms with Crippen molar-refractivity contribution in [2.75, 3.05) is 19.6 Å². The van der Waals surface area contributed by atoms with E-state index in [1.807, 2.05) is 0 Å². The van der Waals surface area contributed by atoms with Gasteiger partial charge in [-0.15, -0.1) is 0 Å². The van der Waals surface area contributed by atoms with Gasteiger partial charge >= 0.3 is 5.97 Å². The topological polar surface area (TPSA) is 69.6 Å². The predicted octanol–water partition coefficient (Wildman–Crippen LogP) is 2.49. The zero-order valence-corrected chi connectivity index (χ0v) is 14.8. The number of nitrogens with zero attached hydrogens (tertiary/aromatic N) is 1. The standard InChI is InChI=1S/C21H24N2O3/c24-20(14-16-6-8-18(9-7-16)21(25)26)22-11-3-12-23-13-10-17-4-1-2-5-19(17)15-23/h1-2,4-9H,3,10-15H2,(H,22,24)(H,25,26). The maximum atomic E-state index is 12.0. The quantitative estimate of drug-likeness (QED) is 0.751. The van der Waals surface area contributed by atoms with Crippen LogP contribution in [0.25, 0.3) is 0 Å². The summed E-state index contributed by atoms with van der Waals surface area (Å²) in [7, 11) is 0. The summed E-state index contributed by atoms with van der Waals surface area (Å²) in [4.78, 5) is 25.3. The smallest absolute Gasteiger partial charge is 0.335 e. The Hall–Kier alpha value is -2.66. The van der Waals surface area contributed by atoms with Crippen LogP contribution in [0.2, 0.25) is 0 Å². The van der Waals surface area contributed by atoms with E-state index in [0.29, 0.717) is 6.54 Å². The Bertz CT molecular complexity index is 771. The zero-order chi connectivity index (χ0) is 18.4. The van der Waals surface area contributed by atoms with Gasteiger partial charge in [-0.3, -0.25) is 9.69 Å². The predicted molar refractivity (Wildman–Crippen MR) is 100 cm³/mol. The minimum Gasteiger partial charge on any atom is -0.478 e. The van der Waals surface area contributed by atoms with E-state index in [1.165, 1.54) is 23.3 Å². The van der Waals surface area contributed by atoms with Crippen molar-refractivity contribution >= 4 is 11.9 Å². The molecular formula is C21H24N2O3. The van der Waals surface area contributed by atoms with Gasteiger partial charge in [-0.1, -0.05) is 36.4 Å². The van der Waals surface area contributed by atoms with Gasteiger partial charge in [0.2, 0.25) is 5.91 Å². The number of carbonyl (C=O) groups is 2. The van der Waals surface area contributed by atoms with Crippen LogP contribution in [0.5, 0.6) is 0 Å². The Morgan fingerprint density at radius 1 is 1.04 bits per heavy atom. The molecule has 5 heteroatoms. The Labute approximate surface area is 153 Å². The van der Waals surface area contributed by atoms with Crippen LogP contribution in [0.4, 0.5) is 0 Å². The molecule has 0 radical (unpaired) electrons. The molecule has 0 aromatic heterocycles. The number of benzene rings is 2. The largest absolute Gasteiger partial charge is 0.478 e. The highest BCUT2D eigenvalue weighted by Crippen LogP contribution is 2.18. The fourth-order valence-corrected chi connectivity index (χ4v) is 3.29. The van der Waals surface area contributed by atoms with Crippen molar-refractivity contribution in [3.63, 3.8) is 0 Å². The number of rotatable bonds is 7. The first kappa shape index (κ1) is 18.1. The lowest BCUT2D eigenvalue weighted by Crippen LogP contribution is -2.34. The van der Waals surface area contributed by atoms with Gasteiger partial charge in [-0.25, -0.2) is 4.79 Å². The number of carboxylic acids is 1. The molecule has 136 valence electrons. The van der Waals surface area contributed by atoms with Crippen LogP contribution in [0.15, 0.2) is 48.5 Å². The number of aromatic carboxylic acids is 1. The fraction of sp³-hybridized carbons (Fsp3) is 0.333. The van der Waals surface area contributed by atoms with Crippen LogP contribution in [0.1, 0.15) is 33.5 Å². The summed E-state index contributed by atoms with van der Waals surface area (Å²) in [5.41, 5.74) is 3.91. The molecular weight excluding hydrogens is 328 g/mol. The van der Waals surface area contributed by atoms with Gasteiger partial charge in [-0.2, -0.15) is 0 Å². The van der Waals surface area contributed by atoms with E-state index in [2.05, 4.69) is 34.5 Å². The summed E-state index contributed by atoms with van der Waals surface area (Å²) in [6.45, 7) is 3.69. The third kappa shape index (κ3) is 4.92. The number of amides is 1. The van der Waals surface area contributed by atoms with Crippen molar-refractivity contribution in [1.82, 2.24) is 10.2 Å². The van der Waals surface area contributed by atoms with E-state index in [1.54, 1.807) is 12.1 Å². The van der Waals surface area contributed by atoms with E-state index in [0.717, 1.165) is 38.0 Å². The van der Waals surface area contributed by atoms with Crippen molar-refractivity contribution in [3.8, 4) is 0 Å². The molecule has 2 aromatic carbocycles. The number of hydrogen-bond acceptors (Lipinski definition) is 3. The van der Waals surface area contributed by atoms with Gasteiger partial charge in [0.15, 0.2) is 0 Å². The highest BCUT2D eigenvalue weighted by Gasteiger charge is 2.15. The SMILES string of the molecule is O=C(Cc1ccc(C(=O)O)cc1)NCCCN1CCc2ccccc2C1. The van der Waals surface area contributed by atoms with Crippen molar-refractivity contribution in [3.05, 3.63) is 70.8 Å². The van der Waals surface area contributed by atoms with Gasteiger partial charge in [0.25, 0.3) is 0 Å². The van der Waals surface area contributed by atoms with Crippen LogP contribution in [-0.2, 0) is 24.2 Å². The lowest BCUT2D eigenvalue weighted by Gasteiger charge is -2.28. The van der Waals surface area contributed by atoms with Crippen molar-refractivity contribution in [1.29, 1.82) is 0 Å². The van der Waals surface area contributed by atoms with Crippen LogP contribution < -0.4 is 5.32 Å². The second kappa shape index (κ2) is 8.63. The van der Waals surface area contributed by atoms with Crippen LogP contribution in [0, 0.1) is 0 Å². The average molecular weight is 352 g/mol. The van der Waals surface area contributed by atoms with Crippen LogP contribution >= 0.6 is 0 Å². The molecule has 26 heavy (non-hydrogen) atoms. The Morgan fingerprint density at radius 3 is 2.50 bits per heavy atom. The van der Waals surface area contributed by atoms with Crippen LogP contribution in [-0.4, -0.2) is 41.5 Å². The molecule has 1 heterocycles. The average Bonchev–Trinajstić information content (AvgIpc) is 2.65. The minimum atomic E-state index is -0.957. The molecule has 1 aliphatic heterocycles. The Kier molecular flexibility index (Phi) is 6.02. The normalized spacial score (nSPS) is 13.8. The van der Waals surface area contributed by atoms with E-state index in [4.69, 9.17) is 5.11 Å². The number of carbonyl (C=O) groups excluding carboxylic acids is 1. The first-order chi connectivity index (χ1) is 12.6. The molecule has 2 aromatic rings. The Morgan fingerprint density at radius 2 is 1.77 bits per heavy atom. The molecule has 0 saturated heterocycles. The molecule has 1 amide bonds. The van der Waals surface area contributed by atoms with Crippen molar-refractivity contribution in [2.45, 2.75) is 25.8 Å². The monoisotopic (exact) mass is 352 g/mol. The van der Waals surface area contributed by atoms with Crippen LogP contribution in [0.3, 0.4) is 0 Å². The van der Waals surface area contributed by atoms with Gasteiger partial charge in [0, 0.05) is 26.2 Å². The van der Waals surface area contributed by atoms with Crippen molar-refractivity contribution < 1.29 is 14.7 Å². The molecule has 2 N–H and O–H groups in total. The molecule has 0 fully saturated rings. The number of nitrogens with one attached hydrogen (secondary N) is 1. The van der Waals surface area contributed by atoms with Gasteiger partial charge < -0.3 is 10.4 Å². The molecule has 0 saturated carbocycles. The van der Waals surface area contributed by atoms with E-state index < -0.39 is 5.97 Å². The molecule has 1 aliphatic rings. The first-order valence-corrected chi connectivity index (χ1v) is 9.00. The highest BCUT2D eigenvalue weighted by atomic mass is 16.4. The summed E-state index contributed by atoms with van der Waals surface area (Å²) in [6, 6.07) is 15.0. The third-order valence-electron chi connectivity index (χ3n) is 4.75. The maximum Gasteiger partial charge on any atom is 0.335 e. The molecule has 0 spiro atoms. The summed E-state index contributed by atoms with van der Waals surface area (Å²) in [6.07, 6.45) is 2.29. The molecule has 0 unspecified atom stereocenters. The minimum absolute atomic E-state index is 0.0305. The van der Waals surface area contributed by atoms with E-state index in [-0.39, 0.29) is 17.9 Å². The Balaban J connectivity index is 1.36. The van der Waals surface area contributed by atoms with Crippen molar-refractivity contribution in [2.24, 2.45) is 0 Å². The fourth-order valence-electron chi connectivity index (χ4n) is 3.29. The van der Waals surface area contributed by atoms with Gasteiger partial charge in [-0.05, 0) is 41.7 Å². The molecule has 5 nitrogen and oxygen atoms in total. The molecule has 0 atom stereocenters. The highest BCUT2D eigenvalue weighted by molar-refractivity contribution is 5.87.